The molecule has 1 aromatic heterocycles. The molecule has 1 N–H and O–H groups in total. The van der Waals surface area contributed by atoms with Crippen LogP contribution in [-0.2, 0) is 16.6 Å². The van der Waals surface area contributed by atoms with Gasteiger partial charge < -0.3 is 24.5 Å². The average Bonchev–Trinajstić information content (AvgIpc) is 2.97. The first kappa shape index (κ1) is 17.9. The number of aryl methyl sites for hydroxylation is 1. The van der Waals surface area contributed by atoms with Crippen molar-refractivity contribution in [3.8, 4) is 0 Å². The molecule has 0 spiro atoms. The molecule has 0 atom stereocenters. The summed E-state index contributed by atoms with van der Waals surface area (Å²) in [6.07, 6.45) is 1.08. The van der Waals surface area contributed by atoms with Gasteiger partial charge in [-0.05, 0) is 16.8 Å². The third-order valence-electron chi connectivity index (χ3n) is 3.30. The molecule has 9 nitrogen and oxygen atoms in total. The molecule has 0 saturated heterocycles. The van der Waals surface area contributed by atoms with Gasteiger partial charge in [0.25, 0.3) is 0 Å². The monoisotopic (exact) mass is 345 g/mol. The molecule has 0 aliphatic rings. The molecule has 0 unspecified atom stereocenters. The lowest BCUT2D eigenvalue weighted by Gasteiger charge is -2.10. The number of hydrogen-bond donors (Lipinski definition) is 1. The highest BCUT2D eigenvalue weighted by Crippen LogP contribution is 2.24. The number of benzene rings is 1. The van der Waals surface area contributed by atoms with Crippen molar-refractivity contribution >= 4 is 23.3 Å². The first-order chi connectivity index (χ1) is 11.9. The predicted octanol–water partition coefficient (Wildman–Crippen LogP) is 2.04. The van der Waals surface area contributed by atoms with E-state index in [0.29, 0.717) is 0 Å². The first-order valence-electron chi connectivity index (χ1n) is 7.24. The molecular formula is C16H15N3O6. The van der Waals surface area contributed by atoms with Gasteiger partial charge in [0.15, 0.2) is 11.3 Å². The van der Waals surface area contributed by atoms with E-state index in [1.165, 1.54) is 26.1 Å². The van der Waals surface area contributed by atoms with Crippen LogP contribution in [0.3, 0.4) is 0 Å². The van der Waals surface area contributed by atoms with Crippen LogP contribution in [0.4, 0.5) is 5.82 Å². The molecule has 0 fully saturated rings. The van der Waals surface area contributed by atoms with Crippen molar-refractivity contribution in [1.82, 2.24) is 9.55 Å². The summed E-state index contributed by atoms with van der Waals surface area (Å²) in [4.78, 5) is 38.8. The zero-order valence-corrected chi connectivity index (χ0v) is 13.5. The van der Waals surface area contributed by atoms with E-state index in [0.717, 1.165) is 10.9 Å². The summed E-state index contributed by atoms with van der Waals surface area (Å²) in [5.74, 6) is -3.47. The molecule has 2 rings (SSSR count). The van der Waals surface area contributed by atoms with Crippen LogP contribution in [0.2, 0.25) is 0 Å². The Hall–Kier alpha value is -3.49. The van der Waals surface area contributed by atoms with Crippen molar-refractivity contribution < 1.29 is 24.4 Å². The highest BCUT2D eigenvalue weighted by Gasteiger charge is 2.34. The van der Waals surface area contributed by atoms with E-state index in [9.17, 15) is 24.8 Å². The largest absolute Gasteiger partial charge is 0.506 e. The number of imidazole rings is 1. The Morgan fingerprint density at radius 1 is 1.32 bits per heavy atom. The van der Waals surface area contributed by atoms with E-state index in [1.807, 2.05) is 0 Å². The van der Waals surface area contributed by atoms with E-state index in [4.69, 9.17) is 4.74 Å². The Labute approximate surface area is 142 Å². The van der Waals surface area contributed by atoms with E-state index >= 15 is 0 Å². The molecule has 0 aliphatic heterocycles. The fourth-order valence-corrected chi connectivity index (χ4v) is 2.17. The number of nitrogens with zero attached hydrogens (tertiary/aromatic N) is 3. The number of hydrogen-bond acceptors (Lipinski definition) is 7. The molecule has 0 radical (unpaired) electrons. The zero-order valence-electron chi connectivity index (χ0n) is 13.5. The van der Waals surface area contributed by atoms with Gasteiger partial charge in [-0.15, -0.1) is 0 Å². The number of carbonyl (C=O) groups is 2. The van der Waals surface area contributed by atoms with Gasteiger partial charge in [-0.3, -0.25) is 4.79 Å². The quantitative estimate of drug-likeness (QED) is 0.124. The van der Waals surface area contributed by atoms with Crippen LogP contribution in [0, 0.1) is 10.1 Å². The average molecular weight is 345 g/mol. The van der Waals surface area contributed by atoms with E-state index < -0.39 is 39.5 Å². The Bertz CT molecular complexity index is 854. The van der Waals surface area contributed by atoms with Crippen molar-refractivity contribution in [3.63, 3.8) is 0 Å². The molecule has 0 aliphatic carbocycles. The summed E-state index contributed by atoms with van der Waals surface area (Å²) >= 11 is 0. The standard InChI is InChI=1S/C16H15N3O6/c1-3-25-16(22)11(13(20)10-7-5-4-6-8-10)14(21)12-15(19(23)24)17-9-18(12)2/h4-9,20H,3H2,1-2H3/b13-11-. The number of esters is 1. The van der Waals surface area contributed by atoms with Gasteiger partial charge in [0.05, 0.1) is 6.61 Å². The number of ether oxygens (including phenoxy) is 1. The van der Waals surface area contributed by atoms with E-state index in [-0.39, 0.29) is 12.2 Å². The summed E-state index contributed by atoms with van der Waals surface area (Å²) in [5.41, 5.74) is -0.931. The highest BCUT2D eigenvalue weighted by atomic mass is 16.6. The maximum atomic E-state index is 12.8. The second-order valence-corrected chi connectivity index (χ2v) is 4.92. The predicted molar refractivity (Wildman–Crippen MR) is 86.8 cm³/mol. The maximum Gasteiger partial charge on any atom is 0.393 e. The molecule has 9 heteroatoms. The van der Waals surface area contributed by atoms with Gasteiger partial charge in [0.1, 0.15) is 5.76 Å². The van der Waals surface area contributed by atoms with Crippen molar-refractivity contribution in [2.45, 2.75) is 6.92 Å². The molecular weight excluding hydrogens is 330 g/mol. The van der Waals surface area contributed by atoms with Gasteiger partial charge in [-0.25, -0.2) is 4.79 Å². The number of aliphatic hydroxyl groups excluding tert-OH is 1. The van der Waals surface area contributed by atoms with Crippen LogP contribution in [0.15, 0.2) is 42.2 Å². The smallest absolute Gasteiger partial charge is 0.393 e. The Balaban J connectivity index is 2.65. The number of aromatic nitrogens is 2. The molecule has 25 heavy (non-hydrogen) atoms. The summed E-state index contributed by atoms with van der Waals surface area (Å²) in [6.45, 7) is 1.50. The van der Waals surface area contributed by atoms with Gasteiger partial charge in [-0.2, -0.15) is 0 Å². The number of rotatable bonds is 6. The van der Waals surface area contributed by atoms with Gasteiger partial charge in [0, 0.05) is 12.6 Å². The summed E-state index contributed by atoms with van der Waals surface area (Å²) in [7, 11) is 1.37. The zero-order chi connectivity index (χ0) is 18.6. The van der Waals surface area contributed by atoms with E-state index in [1.54, 1.807) is 18.2 Å². The normalized spacial score (nSPS) is 11.6. The first-order valence-corrected chi connectivity index (χ1v) is 7.24. The maximum absolute atomic E-state index is 12.8. The van der Waals surface area contributed by atoms with Crippen molar-refractivity contribution in [2.24, 2.45) is 7.05 Å². The minimum atomic E-state index is -1.08. The molecule has 1 heterocycles. The fourth-order valence-electron chi connectivity index (χ4n) is 2.17. The highest BCUT2D eigenvalue weighted by molar-refractivity contribution is 6.28. The van der Waals surface area contributed by atoms with Crippen LogP contribution >= 0.6 is 0 Å². The second-order valence-electron chi connectivity index (χ2n) is 4.92. The van der Waals surface area contributed by atoms with Crippen LogP contribution < -0.4 is 0 Å². The lowest BCUT2D eigenvalue weighted by molar-refractivity contribution is -0.389. The van der Waals surface area contributed by atoms with Gasteiger partial charge in [-0.1, -0.05) is 30.3 Å². The Morgan fingerprint density at radius 2 is 1.96 bits per heavy atom. The van der Waals surface area contributed by atoms with Gasteiger partial charge in [0.2, 0.25) is 12.1 Å². The third kappa shape index (κ3) is 3.55. The van der Waals surface area contributed by atoms with Crippen LogP contribution in [0.5, 0.6) is 0 Å². The van der Waals surface area contributed by atoms with Crippen LogP contribution in [0.25, 0.3) is 5.76 Å². The minimum Gasteiger partial charge on any atom is -0.506 e. The molecule has 0 saturated carbocycles. The number of carbonyl (C=O) groups excluding carboxylic acids is 2. The Kier molecular flexibility index (Phi) is 5.28. The number of Topliss-reactive ketones (excluding diaryl/α,β-unsaturated/α-hetero) is 1. The van der Waals surface area contributed by atoms with Crippen LogP contribution in [0.1, 0.15) is 23.0 Å². The topological polar surface area (TPSA) is 125 Å². The SMILES string of the molecule is CCOC(=O)/C(C(=O)c1c([N+](=O)[O-])ncn1C)=C(\O)c1ccccc1. The lowest BCUT2D eigenvalue weighted by atomic mass is 10.0. The second kappa shape index (κ2) is 7.39. The summed E-state index contributed by atoms with van der Waals surface area (Å²) in [5, 5.41) is 21.5. The Morgan fingerprint density at radius 3 is 2.52 bits per heavy atom. The fraction of sp³-hybridized carbons (Fsp3) is 0.188. The van der Waals surface area contributed by atoms with Crippen LogP contribution in [-0.4, -0.2) is 37.9 Å². The van der Waals surface area contributed by atoms with E-state index in [2.05, 4.69) is 4.98 Å². The summed E-state index contributed by atoms with van der Waals surface area (Å²) in [6, 6.07) is 7.87. The molecule has 130 valence electrons. The van der Waals surface area contributed by atoms with Crippen molar-refractivity contribution in [3.05, 3.63) is 63.6 Å². The molecule has 0 amide bonds. The molecule has 1 aromatic carbocycles. The third-order valence-corrected chi connectivity index (χ3v) is 3.30. The lowest BCUT2D eigenvalue weighted by Crippen LogP contribution is -2.21. The summed E-state index contributed by atoms with van der Waals surface area (Å²) < 4.78 is 5.94. The number of aliphatic hydroxyl groups is 1. The van der Waals surface area contributed by atoms with Crippen molar-refractivity contribution in [1.29, 1.82) is 0 Å². The number of ketones is 1. The number of nitro groups is 1. The van der Waals surface area contributed by atoms with Crippen molar-refractivity contribution in [2.75, 3.05) is 6.61 Å². The molecule has 0 bridgehead atoms. The minimum absolute atomic E-state index is 0.0365. The van der Waals surface area contributed by atoms with Gasteiger partial charge >= 0.3 is 11.8 Å². The molecule has 2 aromatic rings.